The molecule has 0 radical (unpaired) electrons. The first kappa shape index (κ1) is 93.4. The lowest BCUT2D eigenvalue weighted by molar-refractivity contribution is -0.244. The van der Waals surface area contributed by atoms with Gasteiger partial charge in [0.05, 0.1) is 95.4 Å². The summed E-state index contributed by atoms with van der Waals surface area (Å²) >= 11 is 0. The van der Waals surface area contributed by atoms with Crippen molar-refractivity contribution in [1.82, 2.24) is 117 Å². The smallest absolute Gasteiger partial charge is 0.386 e. The molecule has 30 atom stereocenters. The maximum atomic E-state index is 13.4. The van der Waals surface area contributed by atoms with E-state index in [1.54, 1.807) is 0 Å². The molecule has 12 aromatic heterocycles. The van der Waals surface area contributed by atoms with Gasteiger partial charge in [-0.1, -0.05) is 0 Å². The third-order valence-electron chi connectivity index (χ3n) is 23.0. The number of nitrogens with zero attached hydrogens (tertiary/aromatic N) is 21. The number of aliphatic hydroxyl groups is 3. The molecule has 730 valence electrons. The predicted octanol–water partition coefficient (Wildman–Crippen LogP) is -3.78. The monoisotopic (exact) mass is 2030 g/mol. The molecule has 8 unspecified atom stereocenters. The summed E-state index contributed by atoms with van der Waals surface area (Å²) < 4.78 is 193. The van der Waals surface area contributed by atoms with Gasteiger partial charge in [0.15, 0.2) is 105 Å². The van der Waals surface area contributed by atoms with Crippen LogP contribution in [-0.4, -0.2) is 304 Å². The van der Waals surface area contributed by atoms with Crippen LogP contribution in [0.4, 0.5) is 35.3 Å². The first-order chi connectivity index (χ1) is 64.4. The second kappa shape index (κ2) is 34.7. The molecule has 10 fully saturated rings. The number of fused-ring (bicyclic) bond motifs is 13. The minimum atomic E-state index is -5.03. The molecule has 73 heteroatoms. The Morgan fingerprint density at radius 1 is 0.353 bits per heavy atom. The number of ether oxygens (including phenoxy) is 7. The molecule has 22 heterocycles. The highest BCUT2D eigenvalue weighted by molar-refractivity contribution is 7.48. The SMILES string of the molecule is C[C@@H]1OP(=O)(O)O[C@@H]2C[C@@H](COP(=O)(O)O[C@H]3[C@@H](O)[C@H](n4cnc5c(N)ncnc54)O[C@H]31)O[C@H]2n1cnc2c(=O)[nH]c(N)nc21.C[C@H]1OP(=O)(O)O[C@@H]2C[C@@H](COP(=O)(O)O[C@H]3[C@@H](O)[C@H](n4cnc5c(N)ncnc54)O[C@@H]31)O[C@H]2n1cnc2c(=O)[nH]c(N)nc21.Nc1nc2c(ncn2[C@@H]2O[C@@]34COC3[C@@H]2OP(=O)(O)OC[C@H]2O[C@@H](n3cnc5c(N)ncnc53)[C@@H](O)C2OP(=O)(O)OC4)c(=O)[nH]1. The van der Waals surface area contributed by atoms with Gasteiger partial charge in [-0.2, -0.15) is 15.0 Å². The number of hydrogen-bond acceptors (Lipinski definition) is 52. The van der Waals surface area contributed by atoms with Crippen LogP contribution >= 0.6 is 46.9 Å². The summed E-state index contributed by atoms with van der Waals surface area (Å²) in [6, 6.07) is 0. The summed E-state index contributed by atoms with van der Waals surface area (Å²) in [7, 11) is -29.9. The number of nitrogen functional groups attached to an aromatic ring is 6. The number of anilines is 6. The molecule has 0 aromatic carbocycles. The average Bonchev–Trinajstić information content (AvgIpc) is 1.57. The summed E-state index contributed by atoms with van der Waals surface area (Å²) in [5.74, 6) is -0.526. The van der Waals surface area contributed by atoms with Crippen molar-refractivity contribution in [2.45, 2.75) is 173 Å². The van der Waals surface area contributed by atoms with Crippen LogP contribution in [0.2, 0.25) is 0 Å². The first-order valence-corrected chi connectivity index (χ1v) is 49.0. The predicted molar refractivity (Wildman–Crippen MR) is 439 cm³/mol. The van der Waals surface area contributed by atoms with E-state index in [0.717, 1.165) is 6.33 Å². The van der Waals surface area contributed by atoms with Gasteiger partial charge in [-0.15, -0.1) is 0 Å². The molecular weight excluding hydrogens is 1950 g/mol. The Morgan fingerprint density at radius 3 is 1.08 bits per heavy atom. The minimum absolute atomic E-state index is 0.0166. The molecule has 0 spiro atoms. The topological polar surface area (TPSA) is 937 Å². The van der Waals surface area contributed by atoms with Crippen molar-refractivity contribution in [2.75, 3.05) is 67.4 Å². The standard InChI is InChI=1S/C21H24N10O13P2.2C21H26N10O12P2/c22-14-8-15(25-4-24-14)30(5-26-8)18-10(32)11-7(41-18)1-39-45(34,35)44-12-13-21(2-38-13,3-40-46(36,37)43-11)42-19(12)31-6-27-9-16(31)28-20(23)29-17(9)33;2*1-7-13-14(12(32)20(40-13)30-5-26-10-15(22)24-4-25-16(10)30)43-44(34,35)38-3-8-2-9(42-45(36,37)41-7)19(39-8)31-6-27-11-17(31)28-21(23)29-18(11)33/h4-7,10-13,18-19,32H,1-3H2,(H,34,35)(H,36,37)(H2,22,24,25)(H3,23,28,29,33);2*4-9,12-14,19-20,32H,2-3H2,1H3,(H,34,35)(H,36,37)(H2,22,24,25)(H3,23,28,29,33)/t7-,10+,11?,12+,13?,18-,19-,21-;7-,8+,9-,12-,13-,14+,19-,20-;7-,8-,9+,12+,13-,14-,19+,20+/m110/s1. The van der Waals surface area contributed by atoms with Crippen LogP contribution in [-0.2, 0) is 115 Å². The molecule has 67 nitrogen and oxygen atoms in total. The van der Waals surface area contributed by atoms with Crippen LogP contribution in [0.25, 0.3) is 67.0 Å². The van der Waals surface area contributed by atoms with Crippen molar-refractivity contribution in [1.29, 1.82) is 0 Å². The van der Waals surface area contributed by atoms with Crippen molar-refractivity contribution >= 4 is 149 Å². The van der Waals surface area contributed by atoms with Crippen LogP contribution in [0.15, 0.2) is 71.3 Å². The number of aromatic amines is 3. The highest BCUT2D eigenvalue weighted by atomic mass is 31.2. The normalized spacial score (nSPS) is 38.4. The maximum Gasteiger partial charge on any atom is 0.472 e. The van der Waals surface area contributed by atoms with Crippen molar-refractivity contribution in [2.24, 2.45) is 0 Å². The molecule has 136 heavy (non-hydrogen) atoms. The second-order valence-electron chi connectivity index (χ2n) is 31.8. The Kier molecular flexibility index (Phi) is 23.8. The van der Waals surface area contributed by atoms with Gasteiger partial charge in [0, 0.05) is 12.8 Å². The molecule has 10 aliphatic rings. The van der Waals surface area contributed by atoms with E-state index in [2.05, 4.69) is 89.7 Å². The highest BCUT2D eigenvalue weighted by Crippen LogP contribution is 2.61. The molecule has 0 amide bonds. The number of nitrogens with two attached hydrogens (primary N) is 6. The molecular formula is C63H76N30O37P6. The van der Waals surface area contributed by atoms with Gasteiger partial charge in [-0.25, -0.2) is 87.2 Å². The summed E-state index contributed by atoms with van der Waals surface area (Å²) in [5, 5.41) is 33.7. The number of nitrogens with one attached hydrogen (secondary N) is 3. The molecule has 6 bridgehead atoms. The minimum Gasteiger partial charge on any atom is -0.386 e. The van der Waals surface area contributed by atoms with E-state index in [1.807, 2.05) is 0 Å². The fraction of sp³-hybridized carbons (Fsp3) is 0.524. The maximum absolute atomic E-state index is 13.4. The number of imidazole rings is 6. The molecule has 10 aliphatic heterocycles. The van der Waals surface area contributed by atoms with E-state index < -0.39 is 237 Å². The summed E-state index contributed by atoms with van der Waals surface area (Å²) in [6.45, 7) is -0.117. The second-order valence-corrected chi connectivity index (χ2v) is 40.2. The molecule has 0 saturated carbocycles. The summed E-state index contributed by atoms with van der Waals surface area (Å²) in [4.78, 5) is 169. The Morgan fingerprint density at radius 2 is 0.691 bits per heavy atom. The van der Waals surface area contributed by atoms with Crippen LogP contribution in [0.5, 0.6) is 0 Å². The summed E-state index contributed by atoms with van der Waals surface area (Å²) in [5.41, 5.74) is 31.9. The zero-order valence-corrected chi connectivity index (χ0v) is 74.3. The van der Waals surface area contributed by atoms with Crippen LogP contribution < -0.4 is 51.1 Å². The molecule has 10 saturated heterocycles. The van der Waals surface area contributed by atoms with Gasteiger partial charge in [0.25, 0.3) is 16.7 Å². The van der Waals surface area contributed by atoms with E-state index in [1.165, 1.54) is 91.9 Å². The van der Waals surface area contributed by atoms with Crippen molar-refractivity contribution < 1.29 is 160 Å². The number of aromatic nitrogens is 24. The van der Waals surface area contributed by atoms with Crippen molar-refractivity contribution in [3.05, 3.63) is 88.0 Å². The van der Waals surface area contributed by atoms with E-state index >= 15 is 0 Å². The van der Waals surface area contributed by atoms with E-state index in [4.69, 9.17) is 122 Å². The molecule has 12 aromatic rings. The number of rotatable bonds is 6. The third kappa shape index (κ3) is 17.4. The van der Waals surface area contributed by atoms with Gasteiger partial charge >= 0.3 is 46.9 Å². The Balaban J connectivity index is 0.000000126. The number of phosphoric acid groups is 6. The number of aliphatic hydroxyl groups excluding tert-OH is 3. The van der Waals surface area contributed by atoms with Gasteiger partial charge < -0.3 is 112 Å². The number of H-pyrrole nitrogens is 3. The van der Waals surface area contributed by atoms with E-state index in [0.29, 0.717) is 0 Å². The largest absolute Gasteiger partial charge is 0.472 e. The average molecular weight is 2030 g/mol. The lowest BCUT2D eigenvalue weighted by Crippen LogP contribution is -2.61. The Hall–Kier alpha value is -10.2. The quantitative estimate of drug-likeness (QED) is 0.0711. The molecule has 24 N–H and O–H groups in total. The lowest BCUT2D eigenvalue weighted by Gasteiger charge is -2.43. The lowest BCUT2D eigenvalue weighted by atomic mass is 9.91. The number of hydrogen-bond donors (Lipinski definition) is 18. The fourth-order valence-electron chi connectivity index (χ4n) is 17.1. The van der Waals surface area contributed by atoms with Crippen LogP contribution in [0.3, 0.4) is 0 Å². The van der Waals surface area contributed by atoms with Gasteiger partial charge in [0.1, 0.15) is 120 Å². The van der Waals surface area contributed by atoms with Crippen LogP contribution in [0.1, 0.15) is 64.1 Å². The van der Waals surface area contributed by atoms with Gasteiger partial charge in [-0.3, -0.25) is 111 Å². The van der Waals surface area contributed by atoms with Crippen LogP contribution in [0, 0.1) is 0 Å². The zero-order valence-electron chi connectivity index (χ0n) is 68.9. The highest BCUT2D eigenvalue weighted by Gasteiger charge is 2.67. The van der Waals surface area contributed by atoms with E-state index in [-0.39, 0.29) is 122 Å². The Labute approximate surface area is 751 Å². The van der Waals surface area contributed by atoms with Crippen molar-refractivity contribution in [3.8, 4) is 0 Å². The third-order valence-corrected chi connectivity index (χ3v) is 29.2. The Bertz CT molecular complexity index is 6940. The fourth-order valence-corrected chi connectivity index (χ4v) is 23.2. The molecule has 0 aliphatic carbocycles. The van der Waals surface area contributed by atoms with E-state index in [9.17, 15) is 86.5 Å². The number of phosphoric ester groups is 6. The van der Waals surface area contributed by atoms with Crippen molar-refractivity contribution in [3.63, 3.8) is 0 Å². The van der Waals surface area contributed by atoms with Gasteiger partial charge in [-0.05, 0) is 13.8 Å². The summed E-state index contributed by atoms with van der Waals surface area (Å²) in [6.07, 6.45) is -21.4. The zero-order chi connectivity index (χ0) is 95.8. The molecule has 22 rings (SSSR count). The van der Waals surface area contributed by atoms with Gasteiger partial charge in [0.2, 0.25) is 17.8 Å². The first-order valence-electron chi connectivity index (χ1n) is 40.0.